The van der Waals surface area contributed by atoms with Crippen molar-refractivity contribution >= 4 is 34.2 Å². The molecule has 0 radical (unpaired) electrons. The summed E-state index contributed by atoms with van der Waals surface area (Å²) in [5.74, 6) is -1.22. The van der Waals surface area contributed by atoms with Gasteiger partial charge in [0, 0.05) is 18.3 Å². The van der Waals surface area contributed by atoms with Gasteiger partial charge in [-0.2, -0.15) is 0 Å². The zero-order valence-electron chi connectivity index (χ0n) is 17.3. The van der Waals surface area contributed by atoms with E-state index in [1.807, 2.05) is 0 Å². The number of halogens is 1. The standard InChI is InChI=1S/C23H18FN5O4/c1-25-22(32)27-19-12-14(8-10-17(19)24)26-20(30)13-7-9-16-18(11-13)28-23(33)29(21(16)31)15-5-3-2-4-6-15/h2-12H,1H3,(H,26,30)(H,28,33)(H2,25,27,32). The second kappa shape index (κ2) is 8.79. The van der Waals surface area contributed by atoms with Crippen LogP contribution in [0.15, 0.2) is 76.3 Å². The van der Waals surface area contributed by atoms with Crippen LogP contribution < -0.4 is 27.2 Å². The quantitative estimate of drug-likeness (QED) is 0.384. The highest BCUT2D eigenvalue weighted by atomic mass is 19.1. The van der Waals surface area contributed by atoms with Crippen molar-refractivity contribution in [2.24, 2.45) is 0 Å². The number of aromatic amines is 1. The first kappa shape index (κ1) is 21.5. The van der Waals surface area contributed by atoms with Gasteiger partial charge in [-0.25, -0.2) is 18.5 Å². The van der Waals surface area contributed by atoms with E-state index in [2.05, 4.69) is 20.9 Å². The van der Waals surface area contributed by atoms with Gasteiger partial charge in [-0.15, -0.1) is 0 Å². The maximum Gasteiger partial charge on any atom is 0.333 e. The number of rotatable bonds is 4. The van der Waals surface area contributed by atoms with Crippen LogP contribution in [0.4, 0.5) is 20.6 Å². The first-order chi connectivity index (χ1) is 15.9. The molecule has 0 unspecified atom stereocenters. The Morgan fingerprint density at radius 2 is 1.70 bits per heavy atom. The number of anilines is 2. The number of amides is 3. The number of carbonyl (C=O) groups excluding carboxylic acids is 2. The van der Waals surface area contributed by atoms with Crippen LogP contribution in [0.25, 0.3) is 16.6 Å². The average molecular weight is 447 g/mol. The Bertz CT molecular complexity index is 1490. The first-order valence-electron chi connectivity index (χ1n) is 9.81. The van der Waals surface area contributed by atoms with Gasteiger partial charge in [0.05, 0.1) is 22.3 Å². The molecule has 4 N–H and O–H groups in total. The average Bonchev–Trinajstić information content (AvgIpc) is 2.81. The summed E-state index contributed by atoms with van der Waals surface area (Å²) in [7, 11) is 1.39. The summed E-state index contributed by atoms with van der Waals surface area (Å²) in [6.45, 7) is 0. The van der Waals surface area contributed by atoms with E-state index in [-0.39, 0.29) is 27.8 Å². The zero-order valence-corrected chi connectivity index (χ0v) is 17.3. The molecule has 4 rings (SSSR count). The van der Waals surface area contributed by atoms with Crippen LogP contribution in [0.5, 0.6) is 0 Å². The number of carbonyl (C=O) groups is 2. The van der Waals surface area contributed by atoms with E-state index in [4.69, 9.17) is 0 Å². The minimum atomic E-state index is -0.672. The molecule has 4 aromatic rings. The third-order valence-electron chi connectivity index (χ3n) is 4.87. The Morgan fingerprint density at radius 3 is 2.42 bits per heavy atom. The molecule has 3 amide bonds. The fourth-order valence-electron chi connectivity index (χ4n) is 3.26. The van der Waals surface area contributed by atoms with E-state index in [9.17, 15) is 23.6 Å². The van der Waals surface area contributed by atoms with Crippen molar-refractivity contribution in [3.05, 3.63) is 98.9 Å². The van der Waals surface area contributed by atoms with Crippen LogP contribution in [0, 0.1) is 5.82 Å². The molecule has 0 aliphatic rings. The molecule has 33 heavy (non-hydrogen) atoms. The fraction of sp³-hybridized carbons (Fsp3) is 0.0435. The molecular weight excluding hydrogens is 429 g/mol. The summed E-state index contributed by atoms with van der Waals surface area (Å²) >= 11 is 0. The monoisotopic (exact) mass is 447 g/mol. The van der Waals surface area contributed by atoms with Gasteiger partial charge in [0.15, 0.2) is 0 Å². The normalized spacial score (nSPS) is 10.6. The summed E-state index contributed by atoms with van der Waals surface area (Å²) in [5.41, 5.74) is -0.247. The molecule has 166 valence electrons. The molecule has 10 heteroatoms. The Morgan fingerprint density at radius 1 is 0.939 bits per heavy atom. The molecule has 9 nitrogen and oxygen atoms in total. The largest absolute Gasteiger partial charge is 0.341 e. The number of nitrogens with one attached hydrogen (secondary N) is 4. The molecule has 0 atom stereocenters. The van der Waals surface area contributed by atoms with E-state index in [1.165, 1.54) is 37.4 Å². The molecule has 3 aromatic carbocycles. The van der Waals surface area contributed by atoms with Crippen molar-refractivity contribution < 1.29 is 14.0 Å². The van der Waals surface area contributed by atoms with Gasteiger partial charge in [0.1, 0.15) is 5.82 Å². The third kappa shape index (κ3) is 4.35. The van der Waals surface area contributed by atoms with Crippen LogP contribution in [-0.4, -0.2) is 28.5 Å². The van der Waals surface area contributed by atoms with Crippen molar-refractivity contribution in [2.75, 3.05) is 17.7 Å². The maximum atomic E-state index is 13.9. The van der Waals surface area contributed by atoms with Crippen LogP contribution >= 0.6 is 0 Å². The lowest BCUT2D eigenvalue weighted by Gasteiger charge is -2.10. The summed E-state index contributed by atoms with van der Waals surface area (Å²) < 4.78 is 14.9. The van der Waals surface area contributed by atoms with Crippen molar-refractivity contribution in [3.63, 3.8) is 0 Å². The first-order valence-corrected chi connectivity index (χ1v) is 9.81. The lowest BCUT2D eigenvalue weighted by Crippen LogP contribution is -2.33. The third-order valence-corrected chi connectivity index (χ3v) is 4.87. The molecule has 0 spiro atoms. The minimum absolute atomic E-state index is 0.114. The number of fused-ring (bicyclic) bond motifs is 1. The van der Waals surface area contributed by atoms with Gasteiger partial charge >= 0.3 is 11.7 Å². The van der Waals surface area contributed by atoms with E-state index in [0.717, 1.165) is 10.6 Å². The second-order valence-electron chi connectivity index (χ2n) is 7.02. The zero-order chi connectivity index (χ0) is 23.5. The molecule has 0 fully saturated rings. The van der Waals surface area contributed by atoms with Crippen molar-refractivity contribution in [2.45, 2.75) is 0 Å². The van der Waals surface area contributed by atoms with E-state index in [1.54, 1.807) is 30.3 Å². The predicted octanol–water partition coefficient (Wildman–Crippen LogP) is 2.82. The molecule has 0 bridgehead atoms. The Balaban J connectivity index is 1.65. The van der Waals surface area contributed by atoms with Gasteiger partial charge in [0.25, 0.3) is 11.5 Å². The molecule has 0 saturated heterocycles. The minimum Gasteiger partial charge on any atom is -0.341 e. The van der Waals surface area contributed by atoms with E-state index in [0.29, 0.717) is 5.69 Å². The SMILES string of the molecule is CNC(=O)Nc1cc(NC(=O)c2ccc3c(=O)n(-c4ccccc4)c(=O)[nH]c3c2)ccc1F. The number of hydrogen-bond donors (Lipinski definition) is 4. The summed E-state index contributed by atoms with van der Waals surface area (Å²) in [6, 6.07) is 15.8. The lowest BCUT2D eigenvalue weighted by atomic mass is 10.1. The van der Waals surface area contributed by atoms with Crippen molar-refractivity contribution in [1.29, 1.82) is 0 Å². The maximum absolute atomic E-state index is 13.9. The Kier molecular flexibility index (Phi) is 5.73. The van der Waals surface area contributed by atoms with Gasteiger partial charge in [-0.1, -0.05) is 18.2 Å². The van der Waals surface area contributed by atoms with Crippen molar-refractivity contribution in [3.8, 4) is 5.69 Å². The van der Waals surface area contributed by atoms with Crippen LogP contribution in [0.2, 0.25) is 0 Å². The van der Waals surface area contributed by atoms with Crippen LogP contribution in [0.1, 0.15) is 10.4 Å². The predicted molar refractivity (Wildman–Crippen MR) is 123 cm³/mol. The lowest BCUT2D eigenvalue weighted by molar-refractivity contribution is 0.102. The molecule has 1 aromatic heterocycles. The number of hydrogen-bond acceptors (Lipinski definition) is 4. The molecule has 0 aliphatic carbocycles. The molecule has 0 aliphatic heterocycles. The Labute approximate surface area is 185 Å². The van der Waals surface area contributed by atoms with E-state index >= 15 is 0 Å². The highest BCUT2D eigenvalue weighted by Crippen LogP contribution is 2.21. The topological polar surface area (TPSA) is 125 Å². The second-order valence-corrected chi connectivity index (χ2v) is 7.02. The van der Waals surface area contributed by atoms with E-state index < -0.39 is 29.0 Å². The van der Waals surface area contributed by atoms with Gasteiger partial charge in [-0.3, -0.25) is 9.59 Å². The van der Waals surface area contributed by atoms with Crippen molar-refractivity contribution in [1.82, 2.24) is 14.9 Å². The molecule has 0 saturated carbocycles. The molecular formula is C23H18FN5O4. The van der Waals surface area contributed by atoms with Crippen LogP contribution in [0.3, 0.4) is 0 Å². The summed E-state index contributed by atoms with van der Waals surface area (Å²) in [6.07, 6.45) is 0. The number of benzene rings is 3. The number of nitrogens with zero attached hydrogens (tertiary/aromatic N) is 1. The number of urea groups is 1. The van der Waals surface area contributed by atoms with Gasteiger partial charge in [-0.05, 0) is 48.5 Å². The summed E-state index contributed by atoms with van der Waals surface area (Å²) in [5, 5.41) is 7.45. The number of H-pyrrole nitrogens is 1. The molecule has 1 heterocycles. The Hall–Kier alpha value is -4.73. The highest BCUT2D eigenvalue weighted by molar-refractivity contribution is 6.06. The van der Waals surface area contributed by atoms with Gasteiger partial charge < -0.3 is 20.9 Å². The summed E-state index contributed by atoms with van der Waals surface area (Å²) in [4.78, 5) is 52.2. The number of para-hydroxylation sites is 1. The highest BCUT2D eigenvalue weighted by Gasteiger charge is 2.14. The van der Waals surface area contributed by atoms with Gasteiger partial charge in [0.2, 0.25) is 0 Å². The smallest absolute Gasteiger partial charge is 0.333 e. The fourth-order valence-corrected chi connectivity index (χ4v) is 3.26. The van der Waals surface area contributed by atoms with Crippen LogP contribution in [-0.2, 0) is 0 Å². The number of aromatic nitrogens is 2.